The Morgan fingerprint density at radius 2 is 0.312 bits per heavy atom. The zero-order chi connectivity index (χ0) is 0. The first kappa shape index (κ1) is 456. The van der Waals surface area contributed by atoms with E-state index in [4.69, 9.17) is 0 Å². The molecule has 4 nitrogen and oxygen atoms in total. The van der Waals surface area contributed by atoms with Crippen molar-refractivity contribution in [2.75, 3.05) is 0 Å². The largest absolute Gasteiger partial charge is 4.00 e. The summed E-state index contributed by atoms with van der Waals surface area (Å²) >= 11 is 0. The van der Waals surface area contributed by atoms with E-state index in [-0.39, 0.29) is 194 Å². The molecule has 0 aliphatic carbocycles. The molecule has 0 unspecified atom stereocenters. The van der Waals surface area contributed by atoms with Gasteiger partial charge in [0.05, 0.1) is 25.2 Å². The van der Waals surface area contributed by atoms with Crippen molar-refractivity contribution in [3.8, 4) is 0 Å². The maximum atomic E-state index is 0. The van der Waals surface area contributed by atoms with Crippen LogP contribution >= 0.6 is 0 Å². The molecule has 0 amide bonds. The summed E-state index contributed by atoms with van der Waals surface area (Å²) in [5.74, 6) is 0. The van der Waals surface area contributed by atoms with Gasteiger partial charge in [0.25, 0.3) is 0 Å². The van der Waals surface area contributed by atoms with Crippen molar-refractivity contribution in [3.05, 3.63) is 24.6 Å². The molecule has 0 N–H and O–H groups in total. The molecular formula is C3H21B3N4Ru3W3. The Balaban J connectivity index is 0. The molecule has 0 aliphatic rings. The van der Waals surface area contributed by atoms with E-state index in [1.54, 1.807) is 0 Å². The Morgan fingerprint density at radius 1 is 0.312 bits per heavy atom. The number of nitrogens with zero attached hydrogens (tertiary/aromatic N) is 4. The molecule has 13 heteroatoms. The van der Waals surface area contributed by atoms with Crippen LogP contribution in [0, 0.1) is 0 Å². The number of hydrogen-bond acceptors (Lipinski definition) is 0. The molecule has 0 aromatic rings. The van der Waals surface area contributed by atoms with E-state index >= 15 is 0 Å². The summed E-state index contributed by atoms with van der Waals surface area (Å²) < 4.78 is 0. The normalized spacial score (nSPS) is 0. The van der Waals surface area contributed by atoms with E-state index in [0.29, 0.717) is 0 Å². The third-order valence-electron chi connectivity index (χ3n) is 0. The minimum absolute atomic E-state index is 0. The molecule has 0 radical (unpaired) electrons. The first-order valence-electron chi connectivity index (χ1n) is 0. The zero-order valence-electron chi connectivity index (χ0n) is 4.07. The van der Waals surface area contributed by atoms with E-state index in [1.165, 1.54) is 0 Å². The van der Waals surface area contributed by atoms with Gasteiger partial charge in [0.2, 0.25) is 0 Å². The molecule has 0 rings (SSSR count). The van der Waals surface area contributed by atoms with Crippen molar-refractivity contribution in [3.63, 3.8) is 0 Å². The van der Waals surface area contributed by atoms with Crippen LogP contribution in [0.3, 0.4) is 0 Å². The maximum Gasteiger partial charge on any atom is 4.00 e. The molecule has 0 atom stereocenters. The summed E-state index contributed by atoms with van der Waals surface area (Å²) in [5.41, 5.74) is 0. The summed E-state index contributed by atoms with van der Waals surface area (Å²) in [6.07, 6.45) is 0. The molecule has 0 aromatic carbocycles. The van der Waals surface area contributed by atoms with Gasteiger partial charge in [-0.3, -0.25) is 0 Å². The van der Waals surface area contributed by atoms with Crippen LogP contribution in [0.2, 0.25) is 0 Å². The topological polar surface area (TPSA) is 122 Å². The maximum absolute atomic E-state index is 0. The third kappa shape index (κ3) is 328. The molecular weight excluding hydrogens is 979 g/mol. The second-order valence-corrected chi connectivity index (χ2v) is 0. The van der Waals surface area contributed by atoms with Crippen molar-refractivity contribution < 1.29 is 122 Å². The van der Waals surface area contributed by atoms with Crippen molar-refractivity contribution >= 4 is 25.2 Å². The van der Waals surface area contributed by atoms with Gasteiger partial charge in [0, 0.05) is 63.2 Å². The van der Waals surface area contributed by atoms with Crippen LogP contribution in [0.15, 0.2) is 0 Å². The van der Waals surface area contributed by atoms with Gasteiger partial charge in [-0.25, -0.2) is 0 Å². The molecule has 0 bridgehead atoms. The molecule has 0 fully saturated rings. The summed E-state index contributed by atoms with van der Waals surface area (Å²) in [5, 5.41) is 0. The van der Waals surface area contributed by atoms with Crippen LogP contribution in [0.1, 0.15) is 22.3 Å². The first-order chi connectivity index (χ1) is 0. The van der Waals surface area contributed by atoms with E-state index in [0.717, 1.165) is 0 Å². The molecule has 0 spiro atoms. The molecule has 104 valence electrons. The van der Waals surface area contributed by atoms with Crippen LogP contribution in [-0.4, -0.2) is 25.2 Å². The molecule has 0 heterocycles. The second kappa shape index (κ2) is 389. The minimum Gasteiger partial charge on any atom is -3.00 e. The Morgan fingerprint density at radius 3 is 0.312 bits per heavy atom. The van der Waals surface area contributed by atoms with Gasteiger partial charge in [0.15, 0.2) is 0 Å². The average molecular weight is 1000 g/mol. The predicted octanol–water partition coefficient (Wildman–Crippen LogP) is -0.504. The van der Waals surface area contributed by atoms with Crippen molar-refractivity contribution in [2.24, 2.45) is 0 Å². The van der Waals surface area contributed by atoms with Crippen LogP contribution in [0.5, 0.6) is 0 Å². The fraction of sp³-hybridized carbons (Fsp3) is 1.00. The minimum atomic E-state index is 0. The predicted molar refractivity (Wildman–Crippen MR) is 63.4 cm³/mol. The van der Waals surface area contributed by atoms with Crippen molar-refractivity contribution in [1.29, 1.82) is 0 Å². The molecule has 0 aliphatic heterocycles. The molecule has 0 aromatic heterocycles. The van der Waals surface area contributed by atoms with Gasteiger partial charge in [-0.2, -0.15) is 0 Å². The zero-order valence-corrected chi connectivity index (χ0v) is 18.1. The Hall–Kier alpha value is 3.97. The number of hydrogen-bond donors (Lipinski definition) is 0. The summed E-state index contributed by atoms with van der Waals surface area (Å²) in [7, 11) is 0. The smallest absolute Gasteiger partial charge is 3.00 e. The van der Waals surface area contributed by atoms with Crippen LogP contribution in [0.4, 0.5) is 0 Å². The molecule has 16 heavy (non-hydrogen) atoms. The molecule has 0 saturated heterocycles. The number of rotatable bonds is 0. The van der Waals surface area contributed by atoms with E-state index in [1.807, 2.05) is 0 Å². The Labute approximate surface area is 191 Å². The standard InChI is InChI=1S/3CH4.3BH3.4N.3Ru.3W/h3*1H4;3*1H3;;;;;;;;;;/q;;;;;;4*-3;3*+4;;;. The van der Waals surface area contributed by atoms with E-state index in [2.05, 4.69) is 0 Å². The van der Waals surface area contributed by atoms with E-state index in [9.17, 15) is 0 Å². The third-order valence-corrected chi connectivity index (χ3v) is 0. The van der Waals surface area contributed by atoms with Gasteiger partial charge in [-0.05, 0) is 0 Å². The fourth-order valence-corrected chi connectivity index (χ4v) is 0. The van der Waals surface area contributed by atoms with Crippen LogP contribution < -0.4 is 0 Å². The van der Waals surface area contributed by atoms with Crippen LogP contribution in [-0.2, 0) is 122 Å². The summed E-state index contributed by atoms with van der Waals surface area (Å²) in [6.45, 7) is 0. The summed E-state index contributed by atoms with van der Waals surface area (Å²) in [4.78, 5) is 0. The molecule has 0 saturated carbocycles. The van der Waals surface area contributed by atoms with Crippen LogP contribution in [0.25, 0.3) is 24.6 Å². The van der Waals surface area contributed by atoms with E-state index < -0.39 is 0 Å². The quantitative estimate of drug-likeness (QED) is 0.291. The average Bonchev–Trinajstić information content (AvgIpc) is 0. The van der Waals surface area contributed by atoms with Gasteiger partial charge in [-0.15, -0.1) is 0 Å². The second-order valence-electron chi connectivity index (χ2n) is 0. The fourth-order valence-electron chi connectivity index (χ4n) is 0. The summed E-state index contributed by atoms with van der Waals surface area (Å²) in [6, 6.07) is 0. The Kier molecular flexibility index (Phi) is 11100. The first-order valence-corrected chi connectivity index (χ1v) is 0. The van der Waals surface area contributed by atoms with Gasteiger partial charge in [-0.1, -0.05) is 22.3 Å². The van der Waals surface area contributed by atoms with Crippen molar-refractivity contribution in [1.82, 2.24) is 0 Å². The van der Waals surface area contributed by atoms with Crippen molar-refractivity contribution in [2.45, 2.75) is 22.3 Å². The SMILES string of the molecule is B.B.B.C.C.C.[N-3].[N-3].[N-3].[N-3].[Ru+4].[Ru+4].[Ru+4].[W].[W].[W]. The van der Waals surface area contributed by atoms with Gasteiger partial charge >= 0.3 is 58.4 Å². The monoisotopic (exact) mass is 1000 g/mol. The Bertz CT molecular complexity index is 37.0. The van der Waals surface area contributed by atoms with Gasteiger partial charge in [0.1, 0.15) is 0 Å². The van der Waals surface area contributed by atoms with Gasteiger partial charge < -0.3 is 24.6 Å².